The predicted molar refractivity (Wildman–Crippen MR) is 65.2 cm³/mol. The zero-order valence-corrected chi connectivity index (χ0v) is 10.8. The molecule has 1 aromatic rings. The van der Waals surface area contributed by atoms with E-state index in [1.165, 1.54) is 0 Å². The summed E-state index contributed by atoms with van der Waals surface area (Å²) in [6.45, 7) is 0.370. The molecule has 1 aliphatic heterocycles. The van der Waals surface area contributed by atoms with Crippen LogP contribution in [0, 0.1) is 5.92 Å². The first-order chi connectivity index (χ1) is 8.95. The average Bonchev–Trinajstić information content (AvgIpc) is 2.38. The van der Waals surface area contributed by atoms with Gasteiger partial charge < -0.3 is 9.78 Å². The fraction of sp³-hybridized carbons (Fsp3) is 0.500. The van der Waals surface area contributed by atoms with Gasteiger partial charge in [0.1, 0.15) is 6.29 Å². The number of aromatic amines is 2. The van der Waals surface area contributed by atoms with Gasteiger partial charge in [0.15, 0.2) is 4.90 Å². The van der Waals surface area contributed by atoms with Crippen LogP contribution in [0.4, 0.5) is 0 Å². The van der Waals surface area contributed by atoms with Gasteiger partial charge in [0, 0.05) is 25.2 Å². The van der Waals surface area contributed by atoms with E-state index in [-0.39, 0.29) is 19.0 Å². The van der Waals surface area contributed by atoms with Crippen molar-refractivity contribution in [2.75, 3.05) is 13.1 Å². The normalized spacial score (nSPS) is 18.3. The molecule has 9 heteroatoms. The van der Waals surface area contributed by atoms with Crippen LogP contribution in [0.2, 0.25) is 0 Å². The van der Waals surface area contributed by atoms with E-state index in [0.717, 1.165) is 16.8 Å². The van der Waals surface area contributed by atoms with Crippen molar-refractivity contribution in [3.05, 3.63) is 27.0 Å². The largest absolute Gasteiger partial charge is 0.325 e. The van der Waals surface area contributed by atoms with E-state index >= 15 is 0 Å². The fourth-order valence-corrected chi connectivity index (χ4v) is 3.44. The summed E-state index contributed by atoms with van der Waals surface area (Å²) in [6.07, 6.45) is 2.58. The lowest BCUT2D eigenvalue weighted by atomic mass is 10.0. The smallest absolute Gasteiger partial charge is 0.313 e. The lowest BCUT2D eigenvalue weighted by Crippen LogP contribution is -2.41. The third-order valence-corrected chi connectivity index (χ3v) is 5.00. The summed E-state index contributed by atoms with van der Waals surface area (Å²) in [5.74, 6) is -0.139. The molecule has 0 bridgehead atoms. The molecule has 0 radical (unpaired) electrons. The molecule has 1 saturated heterocycles. The Morgan fingerprint density at radius 3 is 2.42 bits per heavy atom. The molecule has 0 aromatic carbocycles. The number of aromatic nitrogens is 2. The Morgan fingerprint density at radius 2 is 1.89 bits per heavy atom. The van der Waals surface area contributed by atoms with Crippen LogP contribution >= 0.6 is 0 Å². The lowest BCUT2D eigenvalue weighted by Gasteiger charge is -2.28. The molecular formula is C10H13N3O5S. The summed E-state index contributed by atoms with van der Waals surface area (Å²) in [7, 11) is -3.94. The van der Waals surface area contributed by atoms with E-state index in [9.17, 15) is 22.8 Å². The summed E-state index contributed by atoms with van der Waals surface area (Å²) in [5, 5.41) is 0. The van der Waals surface area contributed by atoms with Gasteiger partial charge in [-0.25, -0.2) is 13.2 Å². The minimum Gasteiger partial charge on any atom is -0.313 e. The summed E-state index contributed by atoms with van der Waals surface area (Å²) in [6, 6.07) is 0. The molecule has 0 spiro atoms. The number of carbonyl (C=O) groups excluding carboxylic acids is 1. The van der Waals surface area contributed by atoms with Crippen molar-refractivity contribution in [3.8, 4) is 0 Å². The molecule has 104 valence electrons. The highest BCUT2D eigenvalue weighted by atomic mass is 32.2. The van der Waals surface area contributed by atoms with Gasteiger partial charge in [-0.2, -0.15) is 4.31 Å². The van der Waals surface area contributed by atoms with Crippen LogP contribution in [0.25, 0.3) is 0 Å². The van der Waals surface area contributed by atoms with Crippen LogP contribution in [0.1, 0.15) is 12.8 Å². The number of nitrogens with zero attached hydrogens (tertiary/aromatic N) is 1. The lowest BCUT2D eigenvalue weighted by molar-refractivity contribution is -0.112. The molecule has 2 heterocycles. The number of rotatable bonds is 3. The van der Waals surface area contributed by atoms with Crippen LogP contribution in [-0.2, 0) is 14.8 Å². The minimum absolute atomic E-state index is 0.139. The first-order valence-corrected chi connectivity index (χ1v) is 7.16. The van der Waals surface area contributed by atoms with Gasteiger partial charge >= 0.3 is 5.69 Å². The van der Waals surface area contributed by atoms with E-state index in [1.54, 1.807) is 0 Å². The Morgan fingerprint density at radius 1 is 1.26 bits per heavy atom. The summed E-state index contributed by atoms with van der Waals surface area (Å²) in [4.78, 5) is 36.5. The predicted octanol–water partition coefficient (Wildman–Crippen LogP) is -1.34. The maximum absolute atomic E-state index is 12.2. The number of hydrogen-bond acceptors (Lipinski definition) is 5. The summed E-state index contributed by atoms with van der Waals surface area (Å²) in [5.41, 5.74) is -1.70. The molecule has 1 fully saturated rings. The van der Waals surface area contributed by atoms with Crippen LogP contribution in [-0.4, -0.2) is 42.1 Å². The van der Waals surface area contributed by atoms with Gasteiger partial charge in [-0.3, -0.25) is 9.78 Å². The Bertz CT molecular complexity index is 682. The second-order valence-electron chi connectivity index (χ2n) is 4.31. The van der Waals surface area contributed by atoms with Crippen molar-refractivity contribution in [1.29, 1.82) is 0 Å². The molecule has 19 heavy (non-hydrogen) atoms. The number of carbonyl (C=O) groups is 1. The minimum atomic E-state index is -3.94. The Hall–Kier alpha value is -1.74. The van der Waals surface area contributed by atoms with Crippen molar-refractivity contribution in [1.82, 2.24) is 14.3 Å². The van der Waals surface area contributed by atoms with E-state index in [4.69, 9.17) is 0 Å². The number of aldehydes is 1. The number of piperidine rings is 1. The number of nitrogens with one attached hydrogen (secondary N) is 2. The van der Waals surface area contributed by atoms with Crippen molar-refractivity contribution in [2.24, 2.45) is 5.92 Å². The quantitative estimate of drug-likeness (QED) is 0.667. The maximum Gasteiger partial charge on any atom is 0.325 e. The Kier molecular flexibility index (Phi) is 3.67. The van der Waals surface area contributed by atoms with Gasteiger partial charge in [-0.05, 0) is 12.8 Å². The molecular weight excluding hydrogens is 274 g/mol. The second-order valence-corrected chi connectivity index (χ2v) is 6.22. The standard InChI is InChI=1S/C10H13N3O5S/c14-6-7-1-3-13(4-2-7)19(17,18)8-5-11-10(16)12-9(8)15/h5-7H,1-4H2,(H2,11,12,15,16). The van der Waals surface area contributed by atoms with Crippen LogP contribution in [0.5, 0.6) is 0 Å². The highest BCUT2D eigenvalue weighted by Crippen LogP contribution is 2.20. The molecule has 0 atom stereocenters. The average molecular weight is 287 g/mol. The fourth-order valence-electron chi connectivity index (χ4n) is 1.98. The SMILES string of the molecule is O=CC1CCN(S(=O)(=O)c2c[nH]c(=O)[nH]c2=O)CC1. The van der Waals surface area contributed by atoms with E-state index in [0.29, 0.717) is 12.8 Å². The van der Waals surface area contributed by atoms with Crippen LogP contribution in [0.15, 0.2) is 20.7 Å². The first kappa shape index (κ1) is 13.7. The van der Waals surface area contributed by atoms with Gasteiger partial charge in [-0.1, -0.05) is 0 Å². The molecule has 0 aliphatic carbocycles. The van der Waals surface area contributed by atoms with Crippen LogP contribution < -0.4 is 11.2 Å². The Balaban J connectivity index is 2.31. The number of sulfonamides is 1. The molecule has 1 aliphatic rings. The van der Waals surface area contributed by atoms with Gasteiger partial charge in [0.25, 0.3) is 5.56 Å². The van der Waals surface area contributed by atoms with E-state index < -0.39 is 26.2 Å². The van der Waals surface area contributed by atoms with Gasteiger partial charge in [-0.15, -0.1) is 0 Å². The highest BCUT2D eigenvalue weighted by Gasteiger charge is 2.31. The van der Waals surface area contributed by atoms with Crippen molar-refractivity contribution in [2.45, 2.75) is 17.7 Å². The number of hydrogen-bond donors (Lipinski definition) is 2. The molecule has 0 unspecified atom stereocenters. The van der Waals surface area contributed by atoms with Crippen molar-refractivity contribution < 1.29 is 13.2 Å². The van der Waals surface area contributed by atoms with Crippen molar-refractivity contribution in [3.63, 3.8) is 0 Å². The third kappa shape index (κ3) is 2.66. The van der Waals surface area contributed by atoms with Gasteiger partial charge in [0.05, 0.1) is 0 Å². The molecule has 8 nitrogen and oxygen atoms in total. The summed E-state index contributed by atoms with van der Waals surface area (Å²) < 4.78 is 25.6. The molecule has 1 aromatic heterocycles. The van der Waals surface area contributed by atoms with Crippen molar-refractivity contribution >= 4 is 16.3 Å². The monoisotopic (exact) mass is 287 g/mol. The first-order valence-electron chi connectivity index (χ1n) is 5.72. The Labute approximate surface area is 108 Å². The maximum atomic E-state index is 12.2. The molecule has 2 N–H and O–H groups in total. The molecule has 0 saturated carbocycles. The van der Waals surface area contributed by atoms with E-state index in [2.05, 4.69) is 4.98 Å². The molecule has 0 amide bonds. The summed E-state index contributed by atoms with van der Waals surface area (Å²) >= 11 is 0. The molecule has 2 rings (SSSR count). The number of H-pyrrole nitrogens is 2. The van der Waals surface area contributed by atoms with E-state index in [1.807, 2.05) is 4.98 Å². The zero-order chi connectivity index (χ0) is 14.0. The zero-order valence-electron chi connectivity index (χ0n) is 9.96. The third-order valence-electron chi connectivity index (χ3n) is 3.09. The van der Waals surface area contributed by atoms with Crippen LogP contribution in [0.3, 0.4) is 0 Å². The topological polar surface area (TPSA) is 120 Å². The second kappa shape index (κ2) is 5.10. The van der Waals surface area contributed by atoms with Gasteiger partial charge in [0.2, 0.25) is 10.0 Å². The highest BCUT2D eigenvalue weighted by molar-refractivity contribution is 7.89.